The summed E-state index contributed by atoms with van der Waals surface area (Å²) in [6, 6.07) is 35.5. The zero-order valence-electron chi connectivity index (χ0n) is 25.7. The molecule has 2 N–H and O–H groups in total. The third-order valence-corrected chi connectivity index (χ3v) is 7.46. The van der Waals surface area contributed by atoms with Crippen molar-refractivity contribution in [2.24, 2.45) is 0 Å². The number of anilines is 1. The van der Waals surface area contributed by atoms with Gasteiger partial charge in [-0.25, -0.2) is 4.79 Å². The van der Waals surface area contributed by atoms with Gasteiger partial charge in [0.2, 0.25) is 5.91 Å². The number of amides is 1. The summed E-state index contributed by atoms with van der Waals surface area (Å²) in [4.78, 5) is 44.3. The Balaban J connectivity index is 1.20. The van der Waals surface area contributed by atoms with Crippen LogP contribution in [-0.2, 0) is 22.6 Å². The molecule has 0 radical (unpaired) electrons. The van der Waals surface area contributed by atoms with Gasteiger partial charge in [-0.15, -0.1) is 0 Å². The molecule has 1 heterocycles. The fourth-order valence-electron chi connectivity index (χ4n) is 4.99. The number of para-hydroxylation sites is 1. The number of nitrogens with zero attached hydrogens (tertiary/aromatic N) is 2. The first kappa shape index (κ1) is 32.4. The highest BCUT2D eigenvalue weighted by molar-refractivity contribution is 6.12. The van der Waals surface area contributed by atoms with Gasteiger partial charge in [0.05, 0.1) is 6.54 Å². The molecule has 8 nitrogen and oxygen atoms in total. The van der Waals surface area contributed by atoms with E-state index in [0.29, 0.717) is 35.7 Å². The van der Waals surface area contributed by atoms with E-state index in [2.05, 4.69) is 10.3 Å². The molecule has 47 heavy (non-hydrogen) atoms. The average Bonchev–Trinajstić information content (AvgIpc) is 3.11. The first-order valence-corrected chi connectivity index (χ1v) is 15.3. The smallest absolute Gasteiger partial charge is 0.326 e. The van der Waals surface area contributed by atoms with E-state index >= 15 is 0 Å². The molecule has 0 spiro atoms. The van der Waals surface area contributed by atoms with Crippen LogP contribution >= 0.6 is 0 Å². The Bertz CT molecular complexity index is 1790. The van der Waals surface area contributed by atoms with Gasteiger partial charge in [-0.2, -0.15) is 0 Å². The van der Waals surface area contributed by atoms with Gasteiger partial charge in [-0.05, 0) is 53.1 Å². The van der Waals surface area contributed by atoms with Crippen molar-refractivity contribution in [3.05, 3.63) is 168 Å². The summed E-state index contributed by atoms with van der Waals surface area (Å²) in [5, 5.41) is 13.1. The zero-order valence-corrected chi connectivity index (χ0v) is 25.7. The summed E-state index contributed by atoms with van der Waals surface area (Å²) in [6.45, 7) is 1.06. The molecule has 5 rings (SSSR count). The van der Waals surface area contributed by atoms with Gasteiger partial charge in [0.1, 0.15) is 18.4 Å². The van der Waals surface area contributed by atoms with Crippen LogP contribution in [0, 0.1) is 0 Å². The van der Waals surface area contributed by atoms with Gasteiger partial charge >= 0.3 is 5.97 Å². The Morgan fingerprint density at radius 1 is 0.809 bits per heavy atom. The highest BCUT2D eigenvalue weighted by Gasteiger charge is 2.21. The molecule has 5 aromatic rings. The Kier molecular flexibility index (Phi) is 11.3. The van der Waals surface area contributed by atoms with Crippen LogP contribution < -0.4 is 10.1 Å². The lowest BCUT2D eigenvalue weighted by atomic mass is 10.00. The number of carboxylic acids is 1. The SMILES string of the molecule is O=C(c1ccccc1)c1ccccc1N[C@@H](Cc1ccc(OCCN(Cc2ccccc2)C(=O)/C=C/c2cccnc2)cc1)C(=O)O. The molecule has 1 amide bonds. The van der Waals surface area contributed by atoms with Crippen LogP contribution in [0.15, 0.2) is 140 Å². The van der Waals surface area contributed by atoms with Crippen molar-refractivity contribution in [2.45, 2.75) is 19.0 Å². The van der Waals surface area contributed by atoms with Gasteiger partial charge in [-0.3, -0.25) is 14.6 Å². The second kappa shape index (κ2) is 16.3. The maximum Gasteiger partial charge on any atom is 0.326 e. The van der Waals surface area contributed by atoms with E-state index in [0.717, 1.165) is 16.7 Å². The van der Waals surface area contributed by atoms with Crippen LogP contribution in [0.2, 0.25) is 0 Å². The first-order chi connectivity index (χ1) is 23.0. The van der Waals surface area contributed by atoms with E-state index < -0.39 is 12.0 Å². The van der Waals surface area contributed by atoms with Crippen molar-refractivity contribution in [3.63, 3.8) is 0 Å². The Hall–Kier alpha value is -6.02. The molecule has 0 aliphatic heterocycles. The van der Waals surface area contributed by atoms with E-state index in [1.807, 2.05) is 60.7 Å². The minimum atomic E-state index is -1.03. The highest BCUT2D eigenvalue weighted by atomic mass is 16.5. The summed E-state index contributed by atoms with van der Waals surface area (Å²) >= 11 is 0. The average molecular weight is 626 g/mol. The van der Waals surface area contributed by atoms with E-state index in [9.17, 15) is 19.5 Å². The van der Waals surface area contributed by atoms with E-state index in [-0.39, 0.29) is 24.7 Å². The molecule has 0 saturated heterocycles. The number of aromatic nitrogens is 1. The number of hydrogen-bond acceptors (Lipinski definition) is 6. The van der Waals surface area contributed by atoms with Crippen LogP contribution in [0.5, 0.6) is 5.75 Å². The Labute approximate surface area is 274 Å². The van der Waals surface area contributed by atoms with Gasteiger partial charge in [0.25, 0.3) is 0 Å². The summed E-state index contributed by atoms with van der Waals surface area (Å²) in [5.74, 6) is -0.762. The zero-order chi connectivity index (χ0) is 32.8. The first-order valence-electron chi connectivity index (χ1n) is 15.3. The molecule has 0 unspecified atom stereocenters. The van der Waals surface area contributed by atoms with E-state index in [1.54, 1.807) is 84.0 Å². The summed E-state index contributed by atoms with van der Waals surface area (Å²) in [5.41, 5.74) is 4.01. The molecule has 4 aromatic carbocycles. The van der Waals surface area contributed by atoms with Crippen molar-refractivity contribution >= 4 is 29.4 Å². The number of carbonyl (C=O) groups excluding carboxylic acids is 2. The fraction of sp³-hybridized carbons (Fsp3) is 0.128. The number of pyridine rings is 1. The molecule has 8 heteroatoms. The molecule has 0 saturated carbocycles. The number of ketones is 1. The number of hydrogen-bond donors (Lipinski definition) is 2. The molecule has 0 aliphatic rings. The summed E-state index contributed by atoms with van der Waals surface area (Å²) in [6.07, 6.45) is 6.84. The Morgan fingerprint density at radius 2 is 1.51 bits per heavy atom. The maximum atomic E-state index is 13.1. The Morgan fingerprint density at radius 3 is 2.21 bits per heavy atom. The molecule has 0 aliphatic carbocycles. The second-order valence-electron chi connectivity index (χ2n) is 10.8. The van der Waals surface area contributed by atoms with E-state index in [4.69, 9.17) is 4.74 Å². The lowest BCUT2D eigenvalue weighted by molar-refractivity contribution is -0.137. The van der Waals surface area contributed by atoms with E-state index in [1.165, 1.54) is 6.08 Å². The number of carboxylic acid groups (broad SMARTS) is 1. The van der Waals surface area contributed by atoms with Crippen LogP contribution in [0.25, 0.3) is 6.08 Å². The summed E-state index contributed by atoms with van der Waals surface area (Å²) in [7, 11) is 0. The number of aliphatic carboxylic acids is 1. The molecular formula is C39H35N3O5. The van der Waals surface area contributed by atoms with Crippen molar-refractivity contribution in [1.29, 1.82) is 0 Å². The predicted octanol–water partition coefficient (Wildman–Crippen LogP) is 6.54. The third-order valence-electron chi connectivity index (χ3n) is 7.46. The normalized spacial score (nSPS) is 11.5. The number of benzene rings is 4. The van der Waals surface area contributed by atoms with Crippen LogP contribution in [-0.4, -0.2) is 51.8 Å². The quantitative estimate of drug-likeness (QED) is 0.100. The molecular weight excluding hydrogens is 590 g/mol. The second-order valence-corrected chi connectivity index (χ2v) is 10.8. The van der Waals surface area contributed by atoms with Crippen LogP contribution in [0.4, 0.5) is 5.69 Å². The van der Waals surface area contributed by atoms with Crippen molar-refractivity contribution < 1.29 is 24.2 Å². The highest BCUT2D eigenvalue weighted by Crippen LogP contribution is 2.22. The topological polar surface area (TPSA) is 109 Å². The fourth-order valence-corrected chi connectivity index (χ4v) is 4.99. The van der Waals surface area contributed by atoms with Crippen molar-refractivity contribution in [1.82, 2.24) is 9.88 Å². The lowest BCUT2D eigenvalue weighted by Gasteiger charge is -2.22. The molecule has 0 fully saturated rings. The molecule has 0 bridgehead atoms. The number of carbonyl (C=O) groups is 3. The molecule has 236 valence electrons. The minimum Gasteiger partial charge on any atom is -0.492 e. The summed E-state index contributed by atoms with van der Waals surface area (Å²) < 4.78 is 5.98. The number of ether oxygens (including phenoxy) is 1. The minimum absolute atomic E-state index is 0.143. The molecule has 1 atom stereocenters. The van der Waals surface area contributed by atoms with Crippen molar-refractivity contribution in [2.75, 3.05) is 18.5 Å². The third kappa shape index (κ3) is 9.48. The number of rotatable bonds is 15. The molecule has 1 aromatic heterocycles. The van der Waals surface area contributed by atoms with Crippen molar-refractivity contribution in [3.8, 4) is 5.75 Å². The van der Waals surface area contributed by atoms with Crippen LogP contribution in [0.3, 0.4) is 0 Å². The van der Waals surface area contributed by atoms with Crippen LogP contribution in [0.1, 0.15) is 32.6 Å². The largest absolute Gasteiger partial charge is 0.492 e. The van der Waals surface area contributed by atoms with Gasteiger partial charge in [0, 0.05) is 48.2 Å². The number of nitrogens with one attached hydrogen (secondary N) is 1. The lowest BCUT2D eigenvalue weighted by Crippen LogP contribution is -2.33. The maximum absolute atomic E-state index is 13.1. The predicted molar refractivity (Wildman–Crippen MR) is 182 cm³/mol. The van der Waals surface area contributed by atoms with Gasteiger partial charge in [0.15, 0.2) is 5.78 Å². The van der Waals surface area contributed by atoms with Gasteiger partial charge in [-0.1, -0.05) is 91.0 Å². The van der Waals surface area contributed by atoms with Gasteiger partial charge < -0.3 is 20.1 Å². The standard InChI is InChI=1S/C39H35N3O5/c43-37(22-19-30-12-9-23-40-27-30)42(28-31-10-3-1-4-11-31)24-25-47-33-20-17-29(18-21-33)26-36(39(45)46)41-35-16-8-7-15-34(35)38(44)32-13-5-2-6-14-32/h1-23,27,36,41H,24-26,28H2,(H,45,46)/b22-19+/t36-/m0/s1. The monoisotopic (exact) mass is 625 g/mol.